The Bertz CT molecular complexity index is 4000. The molecule has 13 aromatic rings. The van der Waals surface area contributed by atoms with Crippen LogP contribution in [0.1, 0.15) is 5.56 Å². The molecule has 14 rings (SSSR count). The molecule has 0 radical (unpaired) electrons. The van der Waals surface area contributed by atoms with E-state index in [9.17, 15) is 0 Å². The minimum absolute atomic E-state index is 0.902. The minimum Gasteiger partial charge on any atom is -0.309 e. The lowest BCUT2D eigenvalue weighted by Gasteiger charge is -2.21. The molecule has 2 heteroatoms. The van der Waals surface area contributed by atoms with E-state index in [1.165, 1.54) is 110 Å². The van der Waals surface area contributed by atoms with E-state index in [1.54, 1.807) is 0 Å². The number of aromatic nitrogens is 2. The summed E-state index contributed by atoms with van der Waals surface area (Å²) >= 11 is 0. The molecule has 0 aliphatic heterocycles. The maximum Gasteiger partial charge on any atom is 0.0541 e. The van der Waals surface area contributed by atoms with Gasteiger partial charge in [-0.2, -0.15) is 0 Å². The number of rotatable bonds is 5. The lowest BCUT2D eigenvalue weighted by Crippen LogP contribution is -1.96. The van der Waals surface area contributed by atoms with Crippen LogP contribution >= 0.6 is 0 Å². The quantitative estimate of drug-likeness (QED) is 0.153. The number of hydrogen-bond acceptors (Lipinski definition) is 0. The van der Waals surface area contributed by atoms with Gasteiger partial charge in [-0.1, -0.05) is 188 Å². The van der Waals surface area contributed by atoms with Gasteiger partial charge in [0.15, 0.2) is 0 Å². The average molecular weight is 863 g/mol. The van der Waals surface area contributed by atoms with Crippen LogP contribution in [0.15, 0.2) is 249 Å². The highest BCUT2D eigenvalue weighted by Gasteiger charge is 2.30. The SMILES string of the molecule is C#Cc1ccc(-n2c3ccccc3c3ccccc32)cc1.c1ccc(-c2cc(-c3ccc(-n4c5ccccc5c5ccccc54)cc3)c(-c3ccccc3)c3c2-c2cccc4cccc-3c24)cc1. The summed E-state index contributed by atoms with van der Waals surface area (Å²) in [4.78, 5) is 0. The van der Waals surface area contributed by atoms with Crippen molar-refractivity contribution in [3.05, 3.63) is 254 Å². The Morgan fingerprint density at radius 3 is 1.18 bits per heavy atom. The molecule has 0 atom stereocenters. The van der Waals surface area contributed by atoms with Gasteiger partial charge in [0.2, 0.25) is 0 Å². The second-order valence-electron chi connectivity index (χ2n) is 17.5. The third-order valence-electron chi connectivity index (χ3n) is 13.8. The van der Waals surface area contributed by atoms with Crippen molar-refractivity contribution in [3.8, 4) is 79.4 Å². The Balaban J connectivity index is 0.000000182. The second kappa shape index (κ2) is 16.1. The first kappa shape index (κ1) is 39.2. The summed E-state index contributed by atoms with van der Waals surface area (Å²) < 4.78 is 4.67. The summed E-state index contributed by atoms with van der Waals surface area (Å²) in [6, 6.07) is 89.5. The highest BCUT2D eigenvalue weighted by molar-refractivity contribution is 6.23. The van der Waals surface area contributed by atoms with Crippen LogP contribution < -0.4 is 0 Å². The summed E-state index contributed by atoms with van der Waals surface area (Å²) in [5.74, 6) is 2.66. The maximum atomic E-state index is 5.44. The molecule has 316 valence electrons. The predicted octanol–water partition coefficient (Wildman–Crippen LogP) is 17.4. The number of benzene rings is 11. The molecule has 2 nitrogen and oxygen atoms in total. The van der Waals surface area contributed by atoms with Crippen LogP contribution in [-0.2, 0) is 0 Å². The molecular weight excluding hydrogens is 821 g/mol. The van der Waals surface area contributed by atoms with Gasteiger partial charge in [0, 0.05) is 38.5 Å². The van der Waals surface area contributed by atoms with Gasteiger partial charge in [-0.05, 0) is 133 Å². The Hall–Kier alpha value is -9.16. The standard InChI is InChI=1S/C46H29N.C20H13N/c1-3-13-30(14-4-1)40-29-39(31-25-27-34(28-26-31)47-41-23-9-7-19-35(41)36-20-8-10-24-42(36)47)44(33-15-5-2-6-16-33)46-38-22-12-18-32-17-11-21-37(43(32)38)45(40)46;1-2-15-11-13-16(14-12-15)21-19-9-5-3-7-17(19)18-8-4-6-10-20(18)21/h1-29H;1,3-14H. The maximum absolute atomic E-state index is 5.44. The Morgan fingerprint density at radius 1 is 0.294 bits per heavy atom. The molecule has 1 aliphatic rings. The average Bonchev–Trinajstić information content (AvgIpc) is 4.06. The highest BCUT2D eigenvalue weighted by atomic mass is 15.0. The molecule has 0 N–H and O–H groups in total. The molecule has 11 aromatic carbocycles. The molecule has 2 heterocycles. The number of fused-ring (bicyclic) bond motifs is 9. The normalized spacial score (nSPS) is 11.5. The molecule has 0 amide bonds. The summed E-state index contributed by atoms with van der Waals surface area (Å²) in [5, 5.41) is 7.73. The number of para-hydroxylation sites is 4. The van der Waals surface area contributed by atoms with Gasteiger partial charge >= 0.3 is 0 Å². The molecular formula is C66H42N2. The summed E-state index contributed by atoms with van der Waals surface area (Å²) in [5.41, 5.74) is 20.8. The minimum atomic E-state index is 0.902. The number of terminal acetylenes is 1. The third-order valence-corrected chi connectivity index (χ3v) is 13.8. The van der Waals surface area contributed by atoms with E-state index in [2.05, 4.69) is 252 Å². The van der Waals surface area contributed by atoms with Crippen LogP contribution in [0.5, 0.6) is 0 Å². The Kier molecular flexibility index (Phi) is 9.27. The smallest absolute Gasteiger partial charge is 0.0541 e. The van der Waals surface area contributed by atoms with Crippen molar-refractivity contribution in [3.63, 3.8) is 0 Å². The summed E-state index contributed by atoms with van der Waals surface area (Å²) in [6.07, 6.45) is 5.44. The van der Waals surface area contributed by atoms with Gasteiger partial charge in [-0.25, -0.2) is 0 Å². The largest absolute Gasteiger partial charge is 0.309 e. The molecule has 68 heavy (non-hydrogen) atoms. The van der Waals surface area contributed by atoms with Gasteiger partial charge in [0.05, 0.1) is 22.1 Å². The van der Waals surface area contributed by atoms with E-state index in [0.29, 0.717) is 0 Å². The second-order valence-corrected chi connectivity index (χ2v) is 17.5. The zero-order chi connectivity index (χ0) is 45.1. The lowest BCUT2D eigenvalue weighted by atomic mass is 9.82. The van der Waals surface area contributed by atoms with E-state index in [4.69, 9.17) is 6.42 Å². The van der Waals surface area contributed by atoms with Crippen molar-refractivity contribution in [2.24, 2.45) is 0 Å². The van der Waals surface area contributed by atoms with Gasteiger partial charge in [-0.3, -0.25) is 0 Å². The van der Waals surface area contributed by atoms with Crippen LogP contribution in [0.3, 0.4) is 0 Å². The Labute approximate surface area is 395 Å². The third kappa shape index (κ3) is 6.22. The van der Waals surface area contributed by atoms with Gasteiger partial charge in [0.25, 0.3) is 0 Å². The van der Waals surface area contributed by atoms with Gasteiger partial charge in [-0.15, -0.1) is 6.42 Å². The van der Waals surface area contributed by atoms with Crippen molar-refractivity contribution in [2.45, 2.75) is 0 Å². The van der Waals surface area contributed by atoms with E-state index < -0.39 is 0 Å². The molecule has 0 saturated heterocycles. The van der Waals surface area contributed by atoms with Gasteiger partial charge < -0.3 is 9.13 Å². The fraction of sp³-hybridized carbons (Fsp3) is 0. The molecule has 0 bridgehead atoms. The highest BCUT2D eigenvalue weighted by Crippen LogP contribution is 2.57. The molecule has 2 aromatic heterocycles. The topological polar surface area (TPSA) is 9.86 Å². The summed E-state index contributed by atoms with van der Waals surface area (Å²) in [7, 11) is 0. The van der Waals surface area contributed by atoms with E-state index in [1.807, 2.05) is 12.1 Å². The monoisotopic (exact) mass is 862 g/mol. The van der Waals surface area contributed by atoms with Crippen LogP contribution in [-0.4, -0.2) is 9.13 Å². The first-order valence-corrected chi connectivity index (χ1v) is 23.2. The van der Waals surface area contributed by atoms with Crippen molar-refractivity contribution >= 4 is 54.4 Å². The number of nitrogens with zero attached hydrogens (tertiary/aromatic N) is 2. The molecule has 0 saturated carbocycles. The first-order chi connectivity index (χ1) is 33.7. The Morgan fingerprint density at radius 2 is 0.691 bits per heavy atom. The lowest BCUT2D eigenvalue weighted by molar-refractivity contribution is 1.18. The van der Waals surface area contributed by atoms with Gasteiger partial charge in [0.1, 0.15) is 0 Å². The number of hydrogen-bond donors (Lipinski definition) is 0. The zero-order valence-electron chi connectivity index (χ0n) is 37.1. The molecule has 0 spiro atoms. The molecule has 1 aliphatic carbocycles. The predicted molar refractivity (Wildman–Crippen MR) is 288 cm³/mol. The molecule has 0 unspecified atom stereocenters. The summed E-state index contributed by atoms with van der Waals surface area (Å²) in [6.45, 7) is 0. The van der Waals surface area contributed by atoms with Crippen molar-refractivity contribution < 1.29 is 0 Å². The van der Waals surface area contributed by atoms with Crippen LogP contribution in [0, 0.1) is 12.3 Å². The van der Waals surface area contributed by atoms with E-state index in [-0.39, 0.29) is 0 Å². The van der Waals surface area contributed by atoms with Crippen LogP contribution in [0.25, 0.3) is 121 Å². The fourth-order valence-electron chi connectivity index (χ4n) is 10.9. The first-order valence-electron chi connectivity index (χ1n) is 23.2. The van der Waals surface area contributed by atoms with Crippen molar-refractivity contribution in [1.29, 1.82) is 0 Å². The zero-order valence-corrected chi connectivity index (χ0v) is 37.1. The fourth-order valence-corrected chi connectivity index (χ4v) is 10.9. The van der Waals surface area contributed by atoms with Crippen LogP contribution in [0.4, 0.5) is 0 Å². The van der Waals surface area contributed by atoms with E-state index in [0.717, 1.165) is 16.9 Å². The molecule has 0 fully saturated rings. The van der Waals surface area contributed by atoms with Crippen molar-refractivity contribution in [1.82, 2.24) is 9.13 Å². The van der Waals surface area contributed by atoms with Crippen molar-refractivity contribution in [2.75, 3.05) is 0 Å². The van der Waals surface area contributed by atoms with E-state index >= 15 is 0 Å². The van der Waals surface area contributed by atoms with Crippen LogP contribution in [0.2, 0.25) is 0 Å².